The lowest BCUT2D eigenvalue weighted by Gasteiger charge is -2.10. The Labute approximate surface area is 122 Å². The van der Waals surface area contributed by atoms with Crippen molar-refractivity contribution in [1.82, 2.24) is 4.90 Å². The minimum Gasteiger partial charge on any atom is -0.477 e. The molecule has 7 heteroatoms. The number of hydrogen-bond acceptors (Lipinski definition) is 3. The van der Waals surface area contributed by atoms with E-state index in [9.17, 15) is 18.4 Å². The maximum Gasteiger partial charge on any atom is 0.341 e. The van der Waals surface area contributed by atoms with Gasteiger partial charge in [-0.15, -0.1) is 0 Å². The van der Waals surface area contributed by atoms with Crippen LogP contribution in [0.25, 0.3) is 0 Å². The lowest BCUT2D eigenvalue weighted by Crippen LogP contribution is -2.18. The Morgan fingerprint density at radius 3 is 2.35 bits per heavy atom. The van der Waals surface area contributed by atoms with E-state index in [-0.39, 0.29) is 10.0 Å². The zero-order valence-electron chi connectivity index (χ0n) is 11.0. The van der Waals surface area contributed by atoms with E-state index >= 15 is 0 Å². The predicted molar refractivity (Wildman–Crippen MR) is 72.5 cm³/mol. The van der Waals surface area contributed by atoms with Gasteiger partial charge in [0, 0.05) is 25.9 Å². The van der Waals surface area contributed by atoms with Crippen LogP contribution in [0.3, 0.4) is 0 Å². The van der Waals surface area contributed by atoms with E-state index in [0.717, 1.165) is 6.20 Å². The van der Waals surface area contributed by atoms with Crippen molar-refractivity contribution in [3.8, 4) is 0 Å². The number of ketones is 1. The molecule has 4 nitrogen and oxygen atoms in total. The van der Waals surface area contributed by atoms with E-state index in [2.05, 4.69) is 15.9 Å². The minimum atomic E-state index is -1.51. The highest BCUT2D eigenvalue weighted by atomic mass is 79.9. The zero-order chi connectivity index (χ0) is 15.6. The van der Waals surface area contributed by atoms with Crippen molar-refractivity contribution in [3.63, 3.8) is 0 Å². The van der Waals surface area contributed by atoms with Crippen molar-refractivity contribution < 1.29 is 23.5 Å². The average molecular weight is 348 g/mol. The summed E-state index contributed by atoms with van der Waals surface area (Å²) in [6.07, 6.45) is 1.04. The molecule has 0 amide bonds. The van der Waals surface area contributed by atoms with Crippen LogP contribution in [-0.2, 0) is 4.79 Å². The maximum absolute atomic E-state index is 14.0. The summed E-state index contributed by atoms with van der Waals surface area (Å²) in [5, 5.41) is 9.00. The van der Waals surface area contributed by atoms with Crippen LogP contribution in [0.4, 0.5) is 8.78 Å². The second kappa shape index (κ2) is 6.13. The maximum atomic E-state index is 14.0. The first-order chi connectivity index (χ1) is 9.16. The van der Waals surface area contributed by atoms with Crippen molar-refractivity contribution in [2.45, 2.75) is 6.92 Å². The molecule has 0 saturated heterocycles. The van der Waals surface area contributed by atoms with Crippen LogP contribution in [-0.4, -0.2) is 35.9 Å². The monoisotopic (exact) mass is 347 g/mol. The summed E-state index contributed by atoms with van der Waals surface area (Å²) in [4.78, 5) is 24.5. The second-order valence-corrected chi connectivity index (χ2v) is 5.09. The van der Waals surface area contributed by atoms with Gasteiger partial charge in [0.15, 0.2) is 0 Å². The normalized spacial score (nSPS) is 11.4. The fraction of sp³-hybridized carbons (Fsp3) is 0.231. The van der Waals surface area contributed by atoms with Crippen LogP contribution in [0, 0.1) is 18.6 Å². The van der Waals surface area contributed by atoms with Gasteiger partial charge < -0.3 is 10.0 Å². The van der Waals surface area contributed by atoms with Gasteiger partial charge in [-0.1, -0.05) is 0 Å². The van der Waals surface area contributed by atoms with Gasteiger partial charge in [0.2, 0.25) is 5.78 Å². The van der Waals surface area contributed by atoms with Crippen molar-refractivity contribution in [3.05, 3.63) is 45.1 Å². The molecule has 0 spiro atoms. The third kappa shape index (κ3) is 3.22. The first-order valence-corrected chi connectivity index (χ1v) is 6.26. The molecule has 0 aliphatic rings. The first kappa shape index (κ1) is 16.3. The van der Waals surface area contributed by atoms with Crippen LogP contribution >= 0.6 is 15.9 Å². The smallest absolute Gasteiger partial charge is 0.341 e. The number of carbonyl (C=O) groups excluding carboxylic acids is 1. The van der Waals surface area contributed by atoms with Crippen LogP contribution in [0.5, 0.6) is 0 Å². The van der Waals surface area contributed by atoms with Crippen molar-refractivity contribution in [2.24, 2.45) is 0 Å². The molecule has 1 aromatic carbocycles. The van der Waals surface area contributed by atoms with Crippen molar-refractivity contribution in [2.75, 3.05) is 14.1 Å². The highest BCUT2D eigenvalue weighted by Crippen LogP contribution is 2.27. The lowest BCUT2D eigenvalue weighted by atomic mass is 10.0. The molecule has 20 heavy (non-hydrogen) atoms. The van der Waals surface area contributed by atoms with E-state index < -0.39 is 34.5 Å². The van der Waals surface area contributed by atoms with E-state index in [1.165, 1.54) is 25.9 Å². The number of nitrogens with zero attached hydrogens (tertiary/aromatic N) is 1. The summed E-state index contributed by atoms with van der Waals surface area (Å²) >= 11 is 2.85. The van der Waals surface area contributed by atoms with E-state index in [4.69, 9.17) is 5.11 Å². The molecular weight excluding hydrogens is 336 g/mol. The van der Waals surface area contributed by atoms with E-state index in [1.54, 1.807) is 0 Å². The number of carboxylic acids is 1. The number of carboxylic acid groups (broad SMARTS) is 1. The molecule has 1 aromatic rings. The zero-order valence-corrected chi connectivity index (χ0v) is 12.6. The predicted octanol–water partition coefficient (Wildman–Crippen LogP) is 2.75. The van der Waals surface area contributed by atoms with Crippen molar-refractivity contribution in [1.29, 1.82) is 0 Å². The molecule has 0 fully saturated rings. The quantitative estimate of drug-likeness (QED) is 0.299. The largest absolute Gasteiger partial charge is 0.477 e. The van der Waals surface area contributed by atoms with Gasteiger partial charge in [-0.05, 0) is 28.9 Å². The molecule has 0 atom stereocenters. The number of benzene rings is 1. The van der Waals surface area contributed by atoms with Gasteiger partial charge in [-0.2, -0.15) is 0 Å². The Balaban J connectivity index is 3.45. The third-order valence-corrected chi connectivity index (χ3v) is 3.46. The van der Waals surface area contributed by atoms with Gasteiger partial charge >= 0.3 is 5.97 Å². The number of hydrogen-bond donors (Lipinski definition) is 1. The van der Waals surface area contributed by atoms with Gasteiger partial charge in [0.1, 0.15) is 17.2 Å². The van der Waals surface area contributed by atoms with Crippen LogP contribution < -0.4 is 0 Å². The number of aliphatic carboxylic acids is 1. The molecule has 0 bridgehead atoms. The summed E-state index contributed by atoms with van der Waals surface area (Å²) in [5.41, 5.74) is -1.35. The molecule has 0 saturated carbocycles. The Kier molecular flexibility index (Phi) is 4.99. The van der Waals surface area contributed by atoms with E-state index in [1.807, 2.05) is 0 Å². The highest BCUT2D eigenvalue weighted by molar-refractivity contribution is 9.10. The van der Waals surface area contributed by atoms with Crippen molar-refractivity contribution >= 4 is 27.7 Å². The first-order valence-electron chi connectivity index (χ1n) is 5.47. The molecule has 1 N–H and O–H groups in total. The van der Waals surface area contributed by atoms with Crippen LogP contribution in [0.15, 0.2) is 22.3 Å². The third-order valence-electron chi connectivity index (χ3n) is 2.48. The fourth-order valence-corrected chi connectivity index (χ4v) is 1.80. The second-order valence-electron chi connectivity index (χ2n) is 4.30. The van der Waals surface area contributed by atoms with Gasteiger partial charge in [0.05, 0.1) is 10.0 Å². The molecule has 0 heterocycles. The van der Waals surface area contributed by atoms with Gasteiger partial charge in [-0.25, -0.2) is 13.6 Å². The lowest BCUT2D eigenvalue weighted by molar-refractivity contribution is -0.132. The van der Waals surface area contributed by atoms with E-state index in [0.29, 0.717) is 6.07 Å². The number of carbonyl (C=O) groups is 2. The number of halogens is 3. The Morgan fingerprint density at radius 1 is 1.35 bits per heavy atom. The SMILES string of the molecule is Cc1c(F)c(C(=O)C(=CN(C)C)C(=O)O)cc(F)c1Br. The molecular formula is C13H12BrF2NO3. The molecule has 0 unspecified atom stereocenters. The molecule has 0 aliphatic carbocycles. The minimum absolute atomic E-state index is 0.0945. The molecule has 0 aliphatic heterocycles. The fourth-order valence-electron chi connectivity index (χ4n) is 1.51. The highest BCUT2D eigenvalue weighted by Gasteiger charge is 2.25. The molecule has 108 valence electrons. The van der Waals surface area contributed by atoms with Gasteiger partial charge in [0.25, 0.3) is 0 Å². The van der Waals surface area contributed by atoms with Crippen LogP contribution in [0.1, 0.15) is 15.9 Å². The van der Waals surface area contributed by atoms with Gasteiger partial charge in [-0.3, -0.25) is 4.79 Å². The standard InChI is InChI=1S/C13H12BrF2NO3/c1-6-10(14)9(15)4-7(11(6)16)12(18)8(13(19)20)5-17(2)3/h4-5H,1-3H3,(H,19,20). The number of Topliss-reactive ketones (excluding diaryl/α,β-unsaturated/α-hetero) is 1. The summed E-state index contributed by atoms with van der Waals surface area (Å²) in [5.74, 6) is -4.38. The Morgan fingerprint density at radius 2 is 1.90 bits per heavy atom. The summed E-state index contributed by atoms with van der Waals surface area (Å²) in [6, 6.07) is 0.682. The Hall–Kier alpha value is -1.76. The molecule has 0 radical (unpaired) electrons. The van der Waals surface area contributed by atoms with Crippen LogP contribution in [0.2, 0.25) is 0 Å². The average Bonchev–Trinajstić information content (AvgIpc) is 2.36. The summed E-state index contributed by atoms with van der Waals surface area (Å²) in [6.45, 7) is 1.29. The summed E-state index contributed by atoms with van der Waals surface area (Å²) in [7, 11) is 3.03. The topological polar surface area (TPSA) is 57.6 Å². The molecule has 1 rings (SSSR count). The number of rotatable bonds is 4. The summed E-state index contributed by atoms with van der Waals surface area (Å²) < 4.78 is 27.5. The Bertz CT molecular complexity index is 612. The molecule has 0 aromatic heterocycles.